The minimum atomic E-state index is -5.29. The zero-order valence-electron chi connectivity index (χ0n) is 20.2. The Labute approximate surface area is 217 Å². The molecule has 2 N–H and O–H groups in total. The van der Waals surface area contributed by atoms with Crippen LogP contribution in [0.1, 0.15) is 51.4 Å². The summed E-state index contributed by atoms with van der Waals surface area (Å²) in [5.41, 5.74) is 7.48. The Morgan fingerprint density at radius 2 is 1.61 bits per heavy atom. The highest BCUT2D eigenvalue weighted by molar-refractivity contribution is 5.99. The van der Waals surface area contributed by atoms with E-state index in [1.54, 1.807) is 6.07 Å². The molecule has 0 bridgehead atoms. The van der Waals surface area contributed by atoms with Crippen molar-refractivity contribution in [1.29, 1.82) is 0 Å². The molecule has 0 radical (unpaired) electrons. The van der Waals surface area contributed by atoms with Gasteiger partial charge in [-0.25, -0.2) is 9.18 Å². The Balaban J connectivity index is 1.61. The first kappa shape index (κ1) is 26.9. The van der Waals surface area contributed by atoms with Gasteiger partial charge in [0.15, 0.2) is 5.75 Å². The van der Waals surface area contributed by atoms with Crippen LogP contribution in [0.2, 0.25) is 0 Å². The number of piperidine rings is 1. The number of nitrogens with zero attached hydrogens (tertiary/aromatic N) is 1. The number of ether oxygens (including phenoxy) is 1. The van der Waals surface area contributed by atoms with Gasteiger partial charge in [-0.3, -0.25) is 4.79 Å². The van der Waals surface area contributed by atoms with Crippen molar-refractivity contribution in [2.24, 2.45) is 5.73 Å². The van der Waals surface area contributed by atoms with Gasteiger partial charge in [-0.05, 0) is 54.2 Å². The van der Waals surface area contributed by atoms with E-state index in [9.17, 15) is 27.2 Å². The number of likely N-dealkylation sites (tertiary alicyclic amines) is 1. The molecule has 0 spiro atoms. The fraction of sp³-hybridized carbons (Fsp3) is 0.241. The second-order valence-corrected chi connectivity index (χ2v) is 8.82. The number of hydrogen-bond donors (Lipinski definition) is 1. The summed E-state index contributed by atoms with van der Waals surface area (Å²) in [5, 5.41) is 0. The van der Waals surface area contributed by atoms with Gasteiger partial charge in [0.2, 0.25) is 0 Å². The molecule has 0 aliphatic carbocycles. The highest BCUT2D eigenvalue weighted by atomic mass is 19.4. The molecule has 4 rings (SSSR count). The van der Waals surface area contributed by atoms with Crippen molar-refractivity contribution >= 4 is 11.9 Å². The first-order valence-corrected chi connectivity index (χ1v) is 11.9. The van der Waals surface area contributed by atoms with Crippen LogP contribution in [-0.2, 0) is 11.3 Å². The van der Waals surface area contributed by atoms with Crippen molar-refractivity contribution in [3.05, 3.63) is 100 Å². The summed E-state index contributed by atoms with van der Waals surface area (Å²) >= 11 is 0. The molecular formula is C29H24F4N2O3. The first-order valence-electron chi connectivity index (χ1n) is 11.9. The molecule has 0 atom stereocenters. The number of rotatable bonds is 4. The number of benzene rings is 3. The van der Waals surface area contributed by atoms with E-state index in [0.29, 0.717) is 32.5 Å². The number of para-hydroxylation sites is 1. The average molecular weight is 525 g/mol. The number of esters is 1. The summed E-state index contributed by atoms with van der Waals surface area (Å²) in [6.07, 6.45) is -4.00. The van der Waals surface area contributed by atoms with Crippen LogP contribution in [0.4, 0.5) is 17.6 Å². The van der Waals surface area contributed by atoms with E-state index in [2.05, 4.69) is 16.6 Å². The molecule has 1 aliphatic heterocycles. The van der Waals surface area contributed by atoms with Crippen molar-refractivity contribution < 1.29 is 31.9 Å². The molecule has 196 valence electrons. The Morgan fingerprint density at radius 3 is 2.29 bits per heavy atom. The third-order valence-corrected chi connectivity index (χ3v) is 6.32. The molecule has 9 heteroatoms. The minimum absolute atomic E-state index is 0.00175. The van der Waals surface area contributed by atoms with Crippen molar-refractivity contribution in [2.45, 2.75) is 31.5 Å². The summed E-state index contributed by atoms with van der Waals surface area (Å²) in [6.45, 7) is 1.13. The average Bonchev–Trinajstić information content (AvgIpc) is 2.92. The highest BCUT2D eigenvalue weighted by Gasteiger charge is 2.42. The van der Waals surface area contributed by atoms with Crippen LogP contribution in [0.3, 0.4) is 0 Å². The van der Waals surface area contributed by atoms with E-state index in [1.165, 1.54) is 41.3 Å². The smallest absolute Gasteiger partial charge is 0.418 e. The zero-order chi connectivity index (χ0) is 27.3. The molecule has 1 fully saturated rings. The van der Waals surface area contributed by atoms with Gasteiger partial charge < -0.3 is 15.4 Å². The van der Waals surface area contributed by atoms with Crippen LogP contribution in [0.5, 0.6) is 5.75 Å². The Bertz CT molecular complexity index is 1400. The molecule has 1 saturated heterocycles. The SMILES string of the molecule is NCc1cccc(C2CCN(C(=O)c3cccc(C#Cc4ccccc4F)c3OC(=O)C(F)(F)F)CC2)c1. The molecule has 3 aromatic rings. The lowest BCUT2D eigenvalue weighted by molar-refractivity contribution is -0.189. The van der Waals surface area contributed by atoms with E-state index in [1.807, 2.05) is 24.3 Å². The topological polar surface area (TPSA) is 72.6 Å². The lowest BCUT2D eigenvalue weighted by Crippen LogP contribution is -2.38. The van der Waals surface area contributed by atoms with Gasteiger partial charge in [0.05, 0.1) is 16.7 Å². The molecule has 0 unspecified atom stereocenters. The maximum atomic E-state index is 14.0. The van der Waals surface area contributed by atoms with Gasteiger partial charge in [-0.1, -0.05) is 54.3 Å². The Kier molecular flexibility index (Phi) is 8.13. The van der Waals surface area contributed by atoms with Crippen LogP contribution in [-0.4, -0.2) is 36.0 Å². The third kappa shape index (κ3) is 6.21. The first-order chi connectivity index (χ1) is 18.2. The standard InChI is InChI=1S/C29H24F4N2O3/c30-25-10-2-1-6-21(25)11-12-22-7-4-9-24(26(22)38-28(37)29(31,32)33)27(36)35-15-13-20(14-16-35)23-8-3-5-19(17-23)18-34/h1-10,17,20H,13-16,18,34H2. The minimum Gasteiger partial charge on any atom is -0.418 e. The van der Waals surface area contributed by atoms with E-state index in [-0.39, 0.29) is 22.6 Å². The van der Waals surface area contributed by atoms with Crippen LogP contribution in [0.15, 0.2) is 66.7 Å². The number of alkyl halides is 3. The van der Waals surface area contributed by atoms with Gasteiger partial charge in [-0.15, -0.1) is 0 Å². The summed E-state index contributed by atoms with van der Waals surface area (Å²) in [5.74, 6) is 0.979. The molecule has 3 aromatic carbocycles. The fourth-order valence-corrected chi connectivity index (χ4v) is 4.32. The van der Waals surface area contributed by atoms with Gasteiger partial charge in [0.25, 0.3) is 5.91 Å². The van der Waals surface area contributed by atoms with Crippen molar-refractivity contribution in [3.8, 4) is 17.6 Å². The Morgan fingerprint density at radius 1 is 0.947 bits per heavy atom. The lowest BCUT2D eigenvalue weighted by atomic mass is 9.88. The third-order valence-electron chi connectivity index (χ3n) is 6.32. The normalized spacial score (nSPS) is 14.0. The maximum absolute atomic E-state index is 14.0. The molecular weight excluding hydrogens is 500 g/mol. The predicted molar refractivity (Wildman–Crippen MR) is 133 cm³/mol. The monoisotopic (exact) mass is 524 g/mol. The van der Waals surface area contributed by atoms with Crippen molar-refractivity contribution in [1.82, 2.24) is 4.90 Å². The van der Waals surface area contributed by atoms with Crippen LogP contribution in [0, 0.1) is 17.7 Å². The molecule has 0 aromatic heterocycles. The summed E-state index contributed by atoms with van der Waals surface area (Å²) in [7, 11) is 0. The highest BCUT2D eigenvalue weighted by Crippen LogP contribution is 2.32. The number of nitrogens with two attached hydrogens (primary N) is 1. The van der Waals surface area contributed by atoms with Gasteiger partial charge in [0, 0.05) is 19.6 Å². The van der Waals surface area contributed by atoms with Crippen LogP contribution in [0.25, 0.3) is 0 Å². The number of halogens is 4. The van der Waals surface area contributed by atoms with E-state index >= 15 is 0 Å². The van der Waals surface area contributed by atoms with Gasteiger partial charge in [0.1, 0.15) is 5.82 Å². The van der Waals surface area contributed by atoms with Gasteiger partial charge in [-0.2, -0.15) is 13.2 Å². The second kappa shape index (κ2) is 11.5. The molecule has 1 heterocycles. The zero-order valence-corrected chi connectivity index (χ0v) is 20.2. The molecule has 0 saturated carbocycles. The van der Waals surface area contributed by atoms with Crippen LogP contribution >= 0.6 is 0 Å². The summed E-state index contributed by atoms with van der Waals surface area (Å²) in [4.78, 5) is 26.6. The quantitative estimate of drug-likeness (QED) is 0.221. The van der Waals surface area contributed by atoms with Crippen molar-refractivity contribution in [3.63, 3.8) is 0 Å². The molecule has 38 heavy (non-hydrogen) atoms. The van der Waals surface area contributed by atoms with E-state index in [0.717, 1.165) is 11.1 Å². The maximum Gasteiger partial charge on any atom is 0.491 e. The van der Waals surface area contributed by atoms with Gasteiger partial charge >= 0.3 is 12.1 Å². The predicted octanol–water partition coefficient (Wildman–Crippen LogP) is 5.17. The Hall–Kier alpha value is -4.16. The van der Waals surface area contributed by atoms with Crippen molar-refractivity contribution in [2.75, 3.05) is 13.1 Å². The summed E-state index contributed by atoms with van der Waals surface area (Å²) in [6, 6.07) is 17.5. The molecule has 5 nitrogen and oxygen atoms in total. The number of carbonyl (C=O) groups is 2. The fourth-order valence-electron chi connectivity index (χ4n) is 4.32. The summed E-state index contributed by atoms with van der Waals surface area (Å²) < 4.78 is 57.8. The molecule has 1 aliphatic rings. The van der Waals surface area contributed by atoms with E-state index in [4.69, 9.17) is 5.73 Å². The number of carbonyl (C=O) groups excluding carboxylic acids is 2. The van der Waals surface area contributed by atoms with Crippen LogP contribution < -0.4 is 10.5 Å². The number of hydrogen-bond acceptors (Lipinski definition) is 4. The largest absolute Gasteiger partial charge is 0.491 e. The van der Waals surface area contributed by atoms with E-state index < -0.39 is 29.6 Å². The second-order valence-electron chi connectivity index (χ2n) is 8.82. The number of amides is 1. The lowest BCUT2D eigenvalue weighted by Gasteiger charge is -2.32. The molecule has 1 amide bonds.